The highest BCUT2D eigenvalue weighted by Crippen LogP contribution is 2.20. The molecule has 2 aromatic rings. The second-order valence-corrected chi connectivity index (χ2v) is 3.17. The Hall–Kier alpha value is -2.41. The molecular formula is C12H9N3O. The molecule has 2 rings (SSSR count). The van der Waals surface area contributed by atoms with Crippen LogP contribution in [0.15, 0.2) is 36.5 Å². The summed E-state index contributed by atoms with van der Waals surface area (Å²) in [6.45, 7) is 0. The molecule has 1 aromatic heterocycles. The lowest BCUT2D eigenvalue weighted by molar-refractivity contribution is 0.415. The summed E-state index contributed by atoms with van der Waals surface area (Å²) in [5.41, 5.74) is 2.09. The lowest BCUT2D eigenvalue weighted by atomic mass is 10.1. The normalized spacial score (nSPS) is 9.50. The first-order chi connectivity index (χ1) is 7.83. The van der Waals surface area contributed by atoms with Gasteiger partial charge in [-0.25, -0.2) is 0 Å². The van der Waals surface area contributed by atoms with E-state index in [0.29, 0.717) is 11.3 Å². The molecule has 1 heterocycles. The van der Waals surface area contributed by atoms with Gasteiger partial charge in [-0.3, -0.25) is 0 Å². The van der Waals surface area contributed by atoms with E-state index in [9.17, 15) is 0 Å². The first-order valence-electron chi connectivity index (χ1n) is 4.71. The highest BCUT2D eigenvalue weighted by molar-refractivity contribution is 5.60. The van der Waals surface area contributed by atoms with Crippen LogP contribution >= 0.6 is 0 Å². The molecule has 4 heteroatoms. The summed E-state index contributed by atoms with van der Waals surface area (Å²) < 4.78 is 5.06. The molecule has 0 amide bonds. The molecule has 78 valence electrons. The Labute approximate surface area is 93.1 Å². The molecule has 0 aliphatic heterocycles. The number of methoxy groups -OCH3 is 1. The van der Waals surface area contributed by atoms with Crippen LogP contribution in [-0.2, 0) is 0 Å². The van der Waals surface area contributed by atoms with Crippen molar-refractivity contribution in [1.29, 1.82) is 5.26 Å². The predicted octanol–water partition coefficient (Wildman–Crippen LogP) is 2.02. The number of aromatic nitrogens is 2. The maximum absolute atomic E-state index is 8.75. The molecule has 4 nitrogen and oxygen atoms in total. The van der Waals surface area contributed by atoms with Gasteiger partial charge in [-0.15, -0.1) is 0 Å². The molecule has 0 saturated carbocycles. The third-order valence-corrected chi connectivity index (χ3v) is 2.17. The molecule has 0 radical (unpaired) electrons. The summed E-state index contributed by atoms with van der Waals surface area (Å²) in [6.07, 6.45) is 1.44. The van der Waals surface area contributed by atoms with Crippen LogP contribution in [0.4, 0.5) is 0 Å². The lowest BCUT2D eigenvalue weighted by Gasteiger charge is -2.02. The van der Waals surface area contributed by atoms with Crippen LogP contribution in [0.2, 0.25) is 0 Å². The smallest absolute Gasteiger partial charge is 0.118 e. The van der Waals surface area contributed by atoms with Crippen molar-refractivity contribution in [3.8, 4) is 23.1 Å². The third kappa shape index (κ3) is 1.98. The number of ether oxygens (including phenoxy) is 1. The van der Waals surface area contributed by atoms with Gasteiger partial charge in [0.1, 0.15) is 11.8 Å². The van der Waals surface area contributed by atoms with E-state index in [-0.39, 0.29) is 0 Å². The fraction of sp³-hybridized carbons (Fsp3) is 0.0833. The van der Waals surface area contributed by atoms with Crippen molar-refractivity contribution in [1.82, 2.24) is 10.2 Å². The van der Waals surface area contributed by atoms with Crippen molar-refractivity contribution in [3.05, 3.63) is 42.1 Å². The summed E-state index contributed by atoms with van der Waals surface area (Å²) in [5, 5.41) is 16.5. The van der Waals surface area contributed by atoms with Crippen LogP contribution in [-0.4, -0.2) is 17.3 Å². The number of hydrogen-bond donors (Lipinski definition) is 0. The molecule has 0 spiro atoms. The number of benzene rings is 1. The standard InChI is InChI=1S/C12H9N3O/c1-16-11-4-2-10(3-5-11)12-6-9(7-13)8-14-15-12/h2-6,8H,1H3. The molecule has 0 N–H and O–H groups in total. The second-order valence-electron chi connectivity index (χ2n) is 3.17. The fourth-order valence-electron chi connectivity index (χ4n) is 1.33. The molecule has 0 aliphatic rings. The minimum absolute atomic E-state index is 0.501. The molecular weight excluding hydrogens is 202 g/mol. The number of hydrogen-bond acceptors (Lipinski definition) is 4. The van der Waals surface area contributed by atoms with Crippen molar-refractivity contribution in [2.24, 2.45) is 0 Å². The minimum atomic E-state index is 0.501. The maximum Gasteiger partial charge on any atom is 0.118 e. The van der Waals surface area contributed by atoms with Crippen molar-refractivity contribution < 1.29 is 4.74 Å². The Morgan fingerprint density at radius 1 is 1.25 bits per heavy atom. The summed E-state index contributed by atoms with van der Waals surface area (Å²) in [5.74, 6) is 0.785. The predicted molar refractivity (Wildman–Crippen MR) is 58.7 cm³/mol. The quantitative estimate of drug-likeness (QED) is 0.762. The second kappa shape index (κ2) is 4.41. The monoisotopic (exact) mass is 211 g/mol. The van der Waals surface area contributed by atoms with Gasteiger partial charge in [-0.1, -0.05) is 0 Å². The number of nitriles is 1. The first kappa shape index (κ1) is 10.1. The van der Waals surface area contributed by atoms with Gasteiger partial charge in [0.05, 0.1) is 24.6 Å². The van der Waals surface area contributed by atoms with Crippen LogP contribution in [0.3, 0.4) is 0 Å². The lowest BCUT2D eigenvalue weighted by Crippen LogP contribution is -1.89. The van der Waals surface area contributed by atoms with E-state index in [4.69, 9.17) is 10.00 Å². The van der Waals surface area contributed by atoms with E-state index in [1.165, 1.54) is 6.20 Å². The minimum Gasteiger partial charge on any atom is -0.497 e. The molecule has 16 heavy (non-hydrogen) atoms. The van der Waals surface area contributed by atoms with Crippen molar-refractivity contribution in [2.45, 2.75) is 0 Å². The Morgan fingerprint density at radius 2 is 2.00 bits per heavy atom. The van der Waals surface area contributed by atoms with E-state index in [0.717, 1.165) is 11.3 Å². The van der Waals surface area contributed by atoms with E-state index in [2.05, 4.69) is 10.2 Å². The average molecular weight is 211 g/mol. The molecule has 0 bridgehead atoms. The van der Waals surface area contributed by atoms with E-state index < -0.39 is 0 Å². The van der Waals surface area contributed by atoms with Crippen LogP contribution in [0.5, 0.6) is 5.75 Å². The van der Waals surface area contributed by atoms with Crippen LogP contribution in [0.25, 0.3) is 11.3 Å². The van der Waals surface area contributed by atoms with Crippen LogP contribution in [0.1, 0.15) is 5.56 Å². The average Bonchev–Trinajstić information content (AvgIpc) is 2.39. The van der Waals surface area contributed by atoms with Crippen molar-refractivity contribution in [2.75, 3.05) is 7.11 Å². The highest BCUT2D eigenvalue weighted by Gasteiger charge is 2.01. The van der Waals surface area contributed by atoms with E-state index in [1.54, 1.807) is 13.2 Å². The Bertz CT molecular complexity index is 529. The Kier molecular flexibility index (Phi) is 2.79. The van der Waals surface area contributed by atoms with Gasteiger partial charge >= 0.3 is 0 Å². The highest BCUT2D eigenvalue weighted by atomic mass is 16.5. The fourth-order valence-corrected chi connectivity index (χ4v) is 1.33. The topological polar surface area (TPSA) is 58.8 Å². The zero-order chi connectivity index (χ0) is 11.4. The van der Waals surface area contributed by atoms with Gasteiger partial charge in [0.25, 0.3) is 0 Å². The van der Waals surface area contributed by atoms with Gasteiger partial charge < -0.3 is 4.74 Å². The third-order valence-electron chi connectivity index (χ3n) is 2.17. The Morgan fingerprint density at radius 3 is 2.62 bits per heavy atom. The number of rotatable bonds is 2. The van der Waals surface area contributed by atoms with Crippen LogP contribution < -0.4 is 4.74 Å². The summed E-state index contributed by atoms with van der Waals surface area (Å²) in [6, 6.07) is 11.2. The number of nitrogens with zero attached hydrogens (tertiary/aromatic N) is 3. The SMILES string of the molecule is COc1ccc(-c2cc(C#N)cnn2)cc1. The van der Waals surface area contributed by atoms with Crippen molar-refractivity contribution in [3.63, 3.8) is 0 Å². The van der Waals surface area contributed by atoms with E-state index >= 15 is 0 Å². The molecule has 1 aromatic carbocycles. The van der Waals surface area contributed by atoms with Crippen molar-refractivity contribution >= 4 is 0 Å². The first-order valence-corrected chi connectivity index (χ1v) is 4.71. The van der Waals surface area contributed by atoms with Gasteiger partial charge in [-0.2, -0.15) is 15.5 Å². The summed E-state index contributed by atoms with van der Waals surface area (Å²) in [7, 11) is 1.62. The molecule has 0 unspecified atom stereocenters. The zero-order valence-electron chi connectivity index (χ0n) is 8.71. The summed E-state index contributed by atoms with van der Waals surface area (Å²) >= 11 is 0. The largest absolute Gasteiger partial charge is 0.497 e. The Balaban J connectivity index is 2.39. The van der Waals surface area contributed by atoms with Gasteiger partial charge in [0.15, 0.2) is 0 Å². The molecule has 0 fully saturated rings. The molecule has 0 aliphatic carbocycles. The molecule has 0 saturated heterocycles. The van der Waals surface area contributed by atoms with Gasteiger partial charge in [-0.05, 0) is 30.3 Å². The molecule has 0 atom stereocenters. The van der Waals surface area contributed by atoms with E-state index in [1.807, 2.05) is 30.3 Å². The van der Waals surface area contributed by atoms with Crippen LogP contribution in [0, 0.1) is 11.3 Å². The maximum atomic E-state index is 8.75. The van der Waals surface area contributed by atoms with Gasteiger partial charge in [0, 0.05) is 5.56 Å². The summed E-state index contributed by atoms with van der Waals surface area (Å²) in [4.78, 5) is 0. The zero-order valence-corrected chi connectivity index (χ0v) is 8.71. The van der Waals surface area contributed by atoms with Gasteiger partial charge in [0.2, 0.25) is 0 Å².